The van der Waals surface area contributed by atoms with Crippen molar-refractivity contribution >= 4 is 9.04 Å². The molecule has 0 saturated heterocycles. The fourth-order valence-corrected chi connectivity index (χ4v) is 2.36. The van der Waals surface area contributed by atoms with Gasteiger partial charge in [-0.2, -0.15) is 0 Å². The van der Waals surface area contributed by atoms with E-state index in [4.69, 9.17) is 5.73 Å². The van der Waals surface area contributed by atoms with Crippen molar-refractivity contribution in [2.75, 3.05) is 6.54 Å². The summed E-state index contributed by atoms with van der Waals surface area (Å²) in [5.74, 6) is 0. The van der Waals surface area contributed by atoms with Crippen LogP contribution >= 0.6 is 0 Å². The Hall–Kier alpha value is 0.137. The molecule has 9 heavy (non-hydrogen) atoms. The van der Waals surface area contributed by atoms with E-state index in [0.29, 0.717) is 5.54 Å². The van der Waals surface area contributed by atoms with Crippen LogP contribution in [0.1, 0.15) is 19.8 Å². The SMILES string of the molecule is CCC(CCN)[SiH](C)O. The Kier molecular flexibility index (Phi) is 5.04. The molecule has 3 heteroatoms. The number of nitrogens with two attached hydrogens (primary N) is 1. The third-order valence-corrected chi connectivity index (χ3v) is 3.91. The average molecular weight is 147 g/mol. The van der Waals surface area contributed by atoms with Crippen LogP contribution in [0.4, 0.5) is 0 Å². The normalized spacial score (nSPS) is 17.3. The van der Waals surface area contributed by atoms with Crippen molar-refractivity contribution < 1.29 is 4.80 Å². The minimum Gasteiger partial charge on any atom is -0.435 e. The van der Waals surface area contributed by atoms with Gasteiger partial charge >= 0.3 is 0 Å². The topological polar surface area (TPSA) is 46.2 Å². The second-order valence-corrected chi connectivity index (χ2v) is 4.91. The molecule has 2 nitrogen and oxygen atoms in total. The lowest BCUT2D eigenvalue weighted by Gasteiger charge is -2.14. The zero-order chi connectivity index (χ0) is 7.28. The molecule has 0 fully saturated rings. The molecule has 0 aromatic carbocycles. The first-order valence-electron chi connectivity index (χ1n) is 3.60. The lowest BCUT2D eigenvalue weighted by molar-refractivity contribution is 0.532. The molecule has 0 aromatic rings. The largest absolute Gasteiger partial charge is 0.435 e. The Bertz CT molecular complexity index is 68.1. The molecule has 2 unspecified atom stereocenters. The monoisotopic (exact) mass is 147 g/mol. The quantitative estimate of drug-likeness (QED) is 0.568. The first-order valence-corrected chi connectivity index (χ1v) is 5.94. The van der Waals surface area contributed by atoms with E-state index in [1.807, 2.05) is 6.55 Å². The molecule has 0 rings (SSSR count). The van der Waals surface area contributed by atoms with Crippen LogP contribution in [0.2, 0.25) is 12.1 Å². The Morgan fingerprint density at radius 2 is 2.22 bits per heavy atom. The predicted octanol–water partition coefficient (Wildman–Crippen LogP) is 0.461. The maximum absolute atomic E-state index is 9.23. The van der Waals surface area contributed by atoms with Crippen molar-refractivity contribution in [2.45, 2.75) is 31.9 Å². The van der Waals surface area contributed by atoms with Gasteiger partial charge in [0.25, 0.3) is 0 Å². The third kappa shape index (κ3) is 3.67. The van der Waals surface area contributed by atoms with Crippen molar-refractivity contribution in [3.63, 3.8) is 0 Å². The fraction of sp³-hybridized carbons (Fsp3) is 1.00. The Labute approximate surface area is 58.8 Å². The molecule has 0 aliphatic carbocycles. The summed E-state index contributed by atoms with van der Waals surface area (Å²) in [6, 6.07) is 0. The Morgan fingerprint density at radius 1 is 1.67 bits per heavy atom. The van der Waals surface area contributed by atoms with Crippen LogP contribution in [0.15, 0.2) is 0 Å². The smallest absolute Gasteiger partial charge is 0.172 e. The maximum atomic E-state index is 9.23. The van der Waals surface area contributed by atoms with E-state index in [0.717, 1.165) is 19.4 Å². The van der Waals surface area contributed by atoms with Crippen LogP contribution < -0.4 is 5.73 Å². The van der Waals surface area contributed by atoms with Gasteiger partial charge in [0.2, 0.25) is 0 Å². The lowest BCUT2D eigenvalue weighted by Crippen LogP contribution is -2.18. The molecule has 2 atom stereocenters. The molecular formula is C6H17NOSi. The highest BCUT2D eigenvalue weighted by molar-refractivity contribution is 6.50. The van der Waals surface area contributed by atoms with Gasteiger partial charge in [0.1, 0.15) is 0 Å². The van der Waals surface area contributed by atoms with Gasteiger partial charge in [0.05, 0.1) is 0 Å². The van der Waals surface area contributed by atoms with Crippen LogP contribution in [0, 0.1) is 0 Å². The molecule has 0 heterocycles. The summed E-state index contributed by atoms with van der Waals surface area (Å²) in [6.07, 6.45) is 2.08. The van der Waals surface area contributed by atoms with E-state index in [-0.39, 0.29) is 0 Å². The molecule has 0 aliphatic heterocycles. The highest BCUT2D eigenvalue weighted by atomic mass is 28.3. The highest BCUT2D eigenvalue weighted by Crippen LogP contribution is 2.16. The lowest BCUT2D eigenvalue weighted by atomic mass is 10.2. The molecule has 0 aromatic heterocycles. The average Bonchev–Trinajstić information content (AvgIpc) is 1.82. The molecule has 0 saturated carbocycles. The second kappa shape index (κ2) is 4.96. The van der Waals surface area contributed by atoms with Crippen molar-refractivity contribution in [3.05, 3.63) is 0 Å². The van der Waals surface area contributed by atoms with Crippen molar-refractivity contribution in [1.82, 2.24) is 0 Å². The van der Waals surface area contributed by atoms with Crippen molar-refractivity contribution in [3.8, 4) is 0 Å². The van der Waals surface area contributed by atoms with Crippen LogP contribution in [0.25, 0.3) is 0 Å². The first kappa shape index (κ1) is 9.14. The molecule has 0 bridgehead atoms. The summed E-state index contributed by atoms with van der Waals surface area (Å²) in [7, 11) is -1.38. The number of hydrogen-bond acceptors (Lipinski definition) is 2. The summed E-state index contributed by atoms with van der Waals surface area (Å²) >= 11 is 0. The van der Waals surface area contributed by atoms with Crippen LogP contribution in [0.3, 0.4) is 0 Å². The standard InChI is InChI=1S/C6H17NOSi/c1-3-6(4-5-7)9(2)8/h6,8-9H,3-5,7H2,1-2H3. The minimum absolute atomic E-state index is 0.537. The molecule has 0 spiro atoms. The Balaban J connectivity index is 3.41. The van der Waals surface area contributed by atoms with Gasteiger partial charge in [-0.25, -0.2) is 0 Å². The molecule has 0 radical (unpaired) electrons. The van der Waals surface area contributed by atoms with Gasteiger partial charge in [-0.15, -0.1) is 0 Å². The van der Waals surface area contributed by atoms with Crippen molar-refractivity contribution in [2.24, 2.45) is 5.73 Å². The Morgan fingerprint density at radius 3 is 2.33 bits per heavy atom. The van der Waals surface area contributed by atoms with Crippen molar-refractivity contribution in [1.29, 1.82) is 0 Å². The van der Waals surface area contributed by atoms with Gasteiger partial charge in [-0.05, 0) is 25.1 Å². The molecule has 3 N–H and O–H groups in total. The summed E-state index contributed by atoms with van der Waals surface area (Å²) in [4.78, 5) is 9.23. The predicted molar refractivity (Wildman–Crippen MR) is 42.9 cm³/mol. The highest BCUT2D eigenvalue weighted by Gasteiger charge is 2.12. The number of rotatable bonds is 4. The van der Waals surface area contributed by atoms with Crippen LogP contribution in [-0.4, -0.2) is 20.4 Å². The number of hydrogen-bond donors (Lipinski definition) is 2. The van der Waals surface area contributed by atoms with E-state index in [9.17, 15) is 4.80 Å². The summed E-state index contributed by atoms with van der Waals surface area (Å²) in [5, 5.41) is 0. The van der Waals surface area contributed by atoms with Gasteiger partial charge in [0, 0.05) is 0 Å². The minimum atomic E-state index is -1.38. The molecule has 0 aliphatic rings. The fourth-order valence-electron chi connectivity index (χ4n) is 1.00. The molecule has 56 valence electrons. The van der Waals surface area contributed by atoms with Gasteiger partial charge < -0.3 is 10.5 Å². The zero-order valence-corrected chi connectivity index (χ0v) is 7.46. The van der Waals surface area contributed by atoms with E-state index >= 15 is 0 Å². The molecule has 0 amide bonds. The maximum Gasteiger partial charge on any atom is 0.172 e. The van der Waals surface area contributed by atoms with Gasteiger partial charge in [0.15, 0.2) is 9.04 Å². The third-order valence-electron chi connectivity index (χ3n) is 1.74. The van der Waals surface area contributed by atoms with Gasteiger partial charge in [-0.3, -0.25) is 0 Å². The molecular weight excluding hydrogens is 130 g/mol. The van der Waals surface area contributed by atoms with E-state index in [2.05, 4.69) is 6.92 Å². The summed E-state index contributed by atoms with van der Waals surface area (Å²) < 4.78 is 0. The van der Waals surface area contributed by atoms with Gasteiger partial charge in [-0.1, -0.05) is 13.3 Å². The summed E-state index contributed by atoms with van der Waals surface area (Å²) in [6.45, 7) is 4.79. The van der Waals surface area contributed by atoms with Crippen LogP contribution in [0.5, 0.6) is 0 Å². The summed E-state index contributed by atoms with van der Waals surface area (Å²) in [5.41, 5.74) is 5.89. The first-order chi connectivity index (χ1) is 4.22. The van der Waals surface area contributed by atoms with Crippen LogP contribution in [-0.2, 0) is 0 Å². The van der Waals surface area contributed by atoms with E-state index in [1.54, 1.807) is 0 Å². The van der Waals surface area contributed by atoms with E-state index < -0.39 is 9.04 Å². The second-order valence-electron chi connectivity index (χ2n) is 2.49. The van der Waals surface area contributed by atoms with E-state index in [1.165, 1.54) is 0 Å². The zero-order valence-electron chi connectivity index (χ0n) is 6.30.